The summed E-state index contributed by atoms with van der Waals surface area (Å²) in [6.45, 7) is 2.13. The van der Waals surface area contributed by atoms with Gasteiger partial charge in [-0.25, -0.2) is 4.79 Å². The molecule has 0 saturated heterocycles. The third kappa shape index (κ3) is 4.20. The number of nitrogens with zero attached hydrogens (tertiary/aromatic N) is 1. The highest BCUT2D eigenvalue weighted by Crippen LogP contribution is 2.15. The molecule has 1 heterocycles. The minimum Gasteiger partial charge on any atom is -0.453 e. The first-order chi connectivity index (χ1) is 7.90. The van der Waals surface area contributed by atoms with Gasteiger partial charge in [-0.1, -0.05) is 0 Å². The monoisotopic (exact) mass is 303 g/mol. The number of primary amides is 1. The number of nitrogens with two attached hydrogens (primary N) is 1. The molecule has 0 radical (unpaired) electrons. The number of carbonyl (C=O) groups is 2. The molecule has 1 unspecified atom stereocenters. The first kappa shape index (κ1) is 13.7. The molecule has 3 N–H and O–H groups in total. The summed E-state index contributed by atoms with van der Waals surface area (Å²) in [4.78, 5) is 23.8. The predicted octanol–water partition coefficient (Wildman–Crippen LogP) is 1.06. The van der Waals surface area contributed by atoms with Crippen molar-refractivity contribution in [2.45, 2.75) is 19.5 Å². The van der Waals surface area contributed by atoms with Crippen LogP contribution in [0.3, 0.4) is 0 Å². The fraction of sp³-hybridized carbons (Fsp3) is 0.400. The largest absolute Gasteiger partial charge is 0.453 e. The fourth-order valence-electron chi connectivity index (χ4n) is 1.25. The van der Waals surface area contributed by atoms with E-state index in [2.05, 4.69) is 15.9 Å². The van der Waals surface area contributed by atoms with E-state index in [1.54, 1.807) is 31.0 Å². The van der Waals surface area contributed by atoms with Crippen molar-refractivity contribution >= 4 is 27.9 Å². The highest BCUT2D eigenvalue weighted by Gasteiger charge is 2.20. The summed E-state index contributed by atoms with van der Waals surface area (Å²) in [7, 11) is 1.75. The molecule has 3 amide bonds. The molecule has 1 atom stereocenters. The molecule has 94 valence electrons. The number of furan rings is 1. The second-order valence-electron chi connectivity index (χ2n) is 3.65. The van der Waals surface area contributed by atoms with E-state index in [1.807, 2.05) is 5.32 Å². The molecule has 0 aliphatic heterocycles. The Hall–Kier alpha value is -1.34. The van der Waals surface area contributed by atoms with E-state index in [-0.39, 0.29) is 0 Å². The van der Waals surface area contributed by atoms with Crippen molar-refractivity contribution in [1.82, 2.24) is 10.2 Å². The maximum atomic E-state index is 11.5. The molecular weight excluding hydrogens is 290 g/mol. The standard InChI is InChI=1S/C10H14BrN3O3/c1-6(9(15)13-10(12)16)14(2)5-7-3-4-8(11)17-7/h3-4,6H,5H2,1-2H3,(H3,12,13,15,16). The summed E-state index contributed by atoms with van der Waals surface area (Å²) in [6.07, 6.45) is 0. The Labute approximate surface area is 107 Å². The molecule has 0 aromatic carbocycles. The number of rotatable bonds is 4. The Balaban J connectivity index is 2.54. The van der Waals surface area contributed by atoms with Crippen molar-refractivity contribution in [2.75, 3.05) is 7.05 Å². The molecule has 0 spiro atoms. The van der Waals surface area contributed by atoms with Crippen LogP contribution in [0.4, 0.5) is 4.79 Å². The minimum absolute atomic E-state index is 0.439. The zero-order valence-corrected chi connectivity index (χ0v) is 11.2. The molecule has 0 fully saturated rings. The number of nitrogens with one attached hydrogen (secondary N) is 1. The van der Waals surface area contributed by atoms with Crippen molar-refractivity contribution in [2.24, 2.45) is 5.73 Å². The van der Waals surface area contributed by atoms with Crippen LogP contribution in [-0.4, -0.2) is 29.9 Å². The van der Waals surface area contributed by atoms with Gasteiger partial charge >= 0.3 is 6.03 Å². The Kier molecular flexibility index (Phi) is 4.71. The molecule has 7 heteroatoms. The van der Waals surface area contributed by atoms with Gasteiger partial charge in [-0.15, -0.1) is 0 Å². The Bertz CT molecular complexity index is 419. The van der Waals surface area contributed by atoms with Crippen LogP contribution < -0.4 is 11.1 Å². The van der Waals surface area contributed by atoms with E-state index in [1.165, 1.54) is 0 Å². The van der Waals surface area contributed by atoms with Crippen molar-refractivity contribution in [1.29, 1.82) is 0 Å². The van der Waals surface area contributed by atoms with Crippen LogP contribution in [-0.2, 0) is 11.3 Å². The zero-order chi connectivity index (χ0) is 13.0. The summed E-state index contributed by atoms with van der Waals surface area (Å²) >= 11 is 3.20. The van der Waals surface area contributed by atoms with Gasteiger partial charge in [0, 0.05) is 0 Å². The molecule has 6 nitrogen and oxygen atoms in total. The fourth-order valence-corrected chi connectivity index (χ4v) is 1.59. The molecule has 0 aliphatic rings. The van der Waals surface area contributed by atoms with E-state index in [9.17, 15) is 9.59 Å². The Morgan fingerprint density at radius 3 is 2.71 bits per heavy atom. The van der Waals surface area contributed by atoms with Crippen LogP contribution >= 0.6 is 15.9 Å². The Morgan fingerprint density at radius 1 is 1.59 bits per heavy atom. The number of hydrogen-bond donors (Lipinski definition) is 2. The first-order valence-corrected chi connectivity index (χ1v) is 5.74. The third-order valence-electron chi connectivity index (χ3n) is 2.32. The lowest BCUT2D eigenvalue weighted by Crippen LogP contribution is -2.46. The van der Waals surface area contributed by atoms with Crippen molar-refractivity contribution in [3.05, 3.63) is 22.6 Å². The summed E-state index contributed by atoms with van der Waals surface area (Å²) in [6, 6.07) is 2.25. The number of carbonyl (C=O) groups excluding carboxylic acids is 2. The molecule has 1 rings (SSSR count). The van der Waals surface area contributed by atoms with Gasteiger partial charge in [0.25, 0.3) is 0 Å². The van der Waals surface area contributed by atoms with Crippen LogP contribution in [0.2, 0.25) is 0 Å². The van der Waals surface area contributed by atoms with Crippen molar-refractivity contribution in [3.8, 4) is 0 Å². The van der Waals surface area contributed by atoms with E-state index in [0.717, 1.165) is 5.76 Å². The average molecular weight is 304 g/mol. The summed E-state index contributed by atoms with van der Waals surface area (Å²) in [5.74, 6) is 0.281. The number of amides is 3. The molecule has 17 heavy (non-hydrogen) atoms. The van der Waals surface area contributed by atoms with Crippen LogP contribution in [0.15, 0.2) is 21.2 Å². The summed E-state index contributed by atoms with van der Waals surface area (Å²) in [5.41, 5.74) is 4.87. The second kappa shape index (κ2) is 5.83. The number of halogens is 1. The van der Waals surface area contributed by atoms with Gasteiger partial charge in [0.15, 0.2) is 4.67 Å². The smallest absolute Gasteiger partial charge is 0.318 e. The lowest BCUT2D eigenvalue weighted by atomic mass is 10.2. The molecule has 0 aliphatic carbocycles. The van der Waals surface area contributed by atoms with Gasteiger partial charge in [0.1, 0.15) is 5.76 Å². The predicted molar refractivity (Wildman–Crippen MR) is 65.1 cm³/mol. The maximum absolute atomic E-state index is 11.5. The van der Waals surface area contributed by atoms with Crippen LogP contribution in [0, 0.1) is 0 Å². The quantitative estimate of drug-likeness (QED) is 0.870. The average Bonchev–Trinajstić information content (AvgIpc) is 2.61. The lowest BCUT2D eigenvalue weighted by Gasteiger charge is -2.21. The molecule has 0 saturated carbocycles. The molecule has 1 aromatic rings. The SMILES string of the molecule is CC(C(=O)NC(N)=O)N(C)Cc1ccc(Br)o1. The third-order valence-corrected chi connectivity index (χ3v) is 2.75. The first-order valence-electron chi connectivity index (χ1n) is 4.95. The van der Waals surface area contributed by atoms with E-state index >= 15 is 0 Å². The number of urea groups is 1. The van der Waals surface area contributed by atoms with Gasteiger partial charge in [0.05, 0.1) is 12.6 Å². The van der Waals surface area contributed by atoms with E-state index < -0.39 is 18.0 Å². The van der Waals surface area contributed by atoms with Gasteiger partial charge in [-0.05, 0) is 42.0 Å². The molecule has 0 bridgehead atoms. The Morgan fingerprint density at radius 2 is 2.24 bits per heavy atom. The molecular formula is C10H14BrN3O3. The second-order valence-corrected chi connectivity index (χ2v) is 4.43. The van der Waals surface area contributed by atoms with Gasteiger partial charge in [-0.3, -0.25) is 15.0 Å². The van der Waals surface area contributed by atoms with Gasteiger partial charge in [-0.2, -0.15) is 0 Å². The van der Waals surface area contributed by atoms with Crippen LogP contribution in [0.25, 0.3) is 0 Å². The number of imide groups is 1. The van der Waals surface area contributed by atoms with Crippen LogP contribution in [0.1, 0.15) is 12.7 Å². The minimum atomic E-state index is -0.851. The van der Waals surface area contributed by atoms with E-state index in [0.29, 0.717) is 11.2 Å². The van der Waals surface area contributed by atoms with Crippen molar-refractivity contribution in [3.63, 3.8) is 0 Å². The van der Waals surface area contributed by atoms with E-state index in [4.69, 9.17) is 10.2 Å². The lowest BCUT2D eigenvalue weighted by molar-refractivity contribution is -0.124. The summed E-state index contributed by atoms with van der Waals surface area (Å²) in [5, 5.41) is 2.03. The normalized spacial score (nSPS) is 12.5. The number of likely N-dealkylation sites (N-methyl/N-ethyl adjacent to an activating group) is 1. The van der Waals surface area contributed by atoms with Crippen LogP contribution in [0.5, 0.6) is 0 Å². The maximum Gasteiger partial charge on any atom is 0.318 e. The topological polar surface area (TPSA) is 88.6 Å². The van der Waals surface area contributed by atoms with Gasteiger partial charge < -0.3 is 10.2 Å². The summed E-state index contributed by atoms with van der Waals surface area (Å²) < 4.78 is 5.95. The molecule has 1 aromatic heterocycles. The highest BCUT2D eigenvalue weighted by atomic mass is 79.9. The van der Waals surface area contributed by atoms with Gasteiger partial charge in [0.2, 0.25) is 5.91 Å². The number of hydrogen-bond acceptors (Lipinski definition) is 4. The zero-order valence-electron chi connectivity index (χ0n) is 9.57. The highest BCUT2D eigenvalue weighted by molar-refractivity contribution is 9.10. The van der Waals surface area contributed by atoms with Crippen molar-refractivity contribution < 1.29 is 14.0 Å².